The van der Waals surface area contributed by atoms with Crippen LogP contribution in [0.3, 0.4) is 0 Å². The summed E-state index contributed by atoms with van der Waals surface area (Å²) >= 11 is 6.27. The molecule has 3 rings (SSSR count). The molecule has 1 aromatic heterocycles. The lowest BCUT2D eigenvalue weighted by atomic mass is 10.1. The number of aromatic nitrogens is 2. The predicted molar refractivity (Wildman–Crippen MR) is 94.6 cm³/mol. The van der Waals surface area contributed by atoms with Crippen LogP contribution in [0.5, 0.6) is 5.75 Å². The Morgan fingerprint density at radius 3 is 2.84 bits per heavy atom. The van der Waals surface area contributed by atoms with Gasteiger partial charge in [-0.25, -0.2) is 4.98 Å². The van der Waals surface area contributed by atoms with Gasteiger partial charge in [-0.15, -0.1) is 0 Å². The highest BCUT2D eigenvalue weighted by atomic mass is 35.5. The number of benzene rings is 1. The minimum absolute atomic E-state index is 0.130. The van der Waals surface area contributed by atoms with Crippen LogP contribution >= 0.6 is 11.6 Å². The summed E-state index contributed by atoms with van der Waals surface area (Å²) in [4.78, 5) is 8.20. The first-order valence-electron chi connectivity index (χ1n) is 7.87. The monoisotopic (exact) mass is 359 g/mol. The highest BCUT2D eigenvalue weighted by molar-refractivity contribution is 6.33. The predicted octanol–water partition coefficient (Wildman–Crippen LogP) is 2.54. The van der Waals surface area contributed by atoms with Gasteiger partial charge in [0, 0.05) is 6.42 Å². The third kappa shape index (κ3) is 4.10. The minimum atomic E-state index is -0.143. The van der Waals surface area contributed by atoms with Crippen molar-refractivity contribution in [2.75, 3.05) is 24.3 Å². The van der Waals surface area contributed by atoms with Gasteiger partial charge < -0.3 is 20.5 Å². The standard InChI is InChI=1S/C17H18ClN5O2/c1-10-15(18)16(23-17(20)21-10)22-13-9-24-7-6-14(13)25-12-4-2-11(8-19)3-5-12/h2-5,13-14H,6-7,9H2,1H3,(H3,20,21,22,23)/t13-,14-/m1/s1. The van der Waals surface area contributed by atoms with Gasteiger partial charge in [-0.3, -0.25) is 0 Å². The molecular weight excluding hydrogens is 342 g/mol. The van der Waals surface area contributed by atoms with Crippen LogP contribution in [0, 0.1) is 18.3 Å². The van der Waals surface area contributed by atoms with Gasteiger partial charge in [0.05, 0.1) is 36.6 Å². The summed E-state index contributed by atoms with van der Waals surface area (Å²) in [6.07, 6.45) is 0.587. The number of nitrogens with zero attached hydrogens (tertiary/aromatic N) is 3. The van der Waals surface area contributed by atoms with Crippen molar-refractivity contribution < 1.29 is 9.47 Å². The van der Waals surface area contributed by atoms with Gasteiger partial charge in [0.15, 0.2) is 5.82 Å². The highest BCUT2D eigenvalue weighted by Gasteiger charge is 2.29. The lowest BCUT2D eigenvalue weighted by Crippen LogP contribution is -2.46. The molecule has 2 heterocycles. The van der Waals surface area contributed by atoms with Crippen LogP contribution < -0.4 is 15.8 Å². The second-order valence-electron chi connectivity index (χ2n) is 5.74. The van der Waals surface area contributed by atoms with Crippen LogP contribution in [-0.4, -0.2) is 35.3 Å². The molecular formula is C17H18ClN5O2. The molecule has 8 heteroatoms. The van der Waals surface area contributed by atoms with Crippen LogP contribution in [-0.2, 0) is 4.74 Å². The number of nitrogens with two attached hydrogens (primary N) is 1. The Bertz CT molecular complexity index is 791. The Morgan fingerprint density at radius 2 is 2.12 bits per heavy atom. The minimum Gasteiger partial charge on any atom is -0.488 e. The van der Waals surface area contributed by atoms with Crippen LogP contribution in [0.1, 0.15) is 17.7 Å². The molecule has 1 fully saturated rings. The number of aryl methyl sites for hydroxylation is 1. The Balaban J connectivity index is 1.76. The number of hydrogen-bond donors (Lipinski definition) is 2. The number of halogens is 1. The van der Waals surface area contributed by atoms with Crippen LogP contribution in [0.4, 0.5) is 11.8 Å². The molecule has 1 saturated heterocycles. The van der Waals surface area contributed by atoms with Crippen molar-refractivity contribution in [2.24, 2.45) is 0 Å². The maximum Gasteiger partial charge on any atom is 0.222 e. The average molecular weight is 360 g/mol. The smallest absolute Gasteiger partial charge is 0.222 e. The Kier molecular flexibility index (Phi) is 5.22. The summed E-state index contributed by atoms with van der Waals surface area (Å²) in [6, 6.07) is 8.96. The van der Waals surface area contributed by atoms with Gasteiger partial charge in [-0.05, 0) is 31.2 Å². The van der Waals surface area contributed by atoms with E-state index in [0.29, 0.717) is 41.1 Å². The quantitative estimate of drug-likeness (QED) is 0.863. The second-order valence-corrected chi connectivity index (χ2v) is 6.11. The Morgan fingerprint density at radius 1 is 1.36 bits per heavy atom. The molecule has 1 aliphatic heterocycles. The molecule has 0 unspecified atom stereocenters. The molecule has 0 spiro atoms. The van der Waals surface area contributed by atoms with E-state index < -0.39 is 0 Å². The number of hydrogen-bond acceptors (Lipinski definition) is 7. The SMILES string of the molecule is Cc1nc(N)nc(N[C@@H]2COCC[C@H]2Oc2ccc(C#N)cc2)c1Cl. The zero-order valence-corrected chi connectivity index (χ0v) is 14.5. The fourth-order valence-electron chi connectivity index (χ4n) is 2.63. The normalized spacial score (nSPS) is 19.9. The molecule has 0 bridgehead atoms. The van der Waals surface area contributed by atoms with E-state index >= 15 is 0 Å². The van der Waals surface area contributed by atoms with E-state index in [-0.39, 0.29) is 18.1 Å². The largest absolute Gasteiger partial charge is 0.488 e. The van der Waals surface area contributed by atoms with E-state index in [1.165, 1.54) is 0 Å². The van der Waals surface area contributed by atoms with Crippen molar-refractivity contribution in [3.05, 3.63) is 40.5 Å². The summed E-state index contributed by atoms with van der Waals surface area (Å²) < 4.78 is 11.6. The highest BCUT2D eigenvalue weighted by Crippen LogP contribution is 2.26. The maximum atomic E-state index is 8.87. The number of nitrogen functional groups attached to an aromatic ring is 1. The van der Waals surface area contributed by atoms with Crippen molar-refractivity contribution in [1.82, 2.24) is 9.97 Å². The number of nitriles is 1. The molecule has 7 nitrogen and oxygen atoms in total. The van der Waals surface area contributed by atoms with Crippen molar-refractivity contribution in [3.63, 3.8) is 0 Å². The number of nitrogens with one attached hydrogen (secondary N) is 1. The van der Waals surface area contributed by atoms with Crippen LogP contribution in [0.2, 0.25) is 5.02 Å². The molecule has 1 aliphatic rings. The van der Waals surface area contributed by atoms with Gasteiger partial charge >= 0.3 is 0 Å². The van der Waals surface area contributed by atoms with Gasteiger partial charge in [0.2, 0.25) is 5.95 Å². The Hall–Kier alpha value is -2.56. The Labute approximate surface area is 150 Å². The van der Waals surface area contributed by atoms with Gasteiger partial charge in [0.1, 0.15) is 16.9 Å². The number of rotatable bonds is 4. The fourth-order valence-corrected chi connectivity index (χ4v) is 2.77. The molecule has 130 valence electrons. The van der Waals surface area contributed by atoms with Crippen molar-refractivity contribution in [2.45, 2.75) is 25.5 Å². The zero-order valence-electron chi connectivity index (χ0n) is 13.7. The second kappa shape index (κ2) is 7.55. The molecule has 0 aliphatic carbocycles. The van der Waals surface area contributed by atoms with Gasteiger partial charge in [-0.1, -0.05) is 11.6 Å². The molecule has 0 radical (unpaired) electrons. The third-order valence-corrected chi connectivity index (χ3v) is 4.37. The first kappa shape index (κ1) is 17.3. The zero-order chi connectivity index (χ0) is 17.8. The van der Waals surface area contributed by atoms with E-state index in [0.717, 1.165) is 6.42 Å². The topological polar surface area (TPSA) is 106 Å². The summed E-state index contributed by atoms with van der Waals surface area (Å²) in [5.41, 5.74) is 6.91. The molecule has 3 N–H and O–H groups in total. The summed E-state index contributed by atoms with van der Waals surface area (Å²) in [5.74, 6) is 1.32. The van der Waals surface area contributed by atoms with Gasteiger partial charge in [0.25, 0.3) is 0 Å². The van der Waals surface area contributed by atoms with Gasteiger partial charge in [-0.2, -0.15) is 10.2 Å². The lowest BCUT2D eigenvalue weighted by Gasteiger charge is -2.33. The summed E-state index contributed by atoms with van der Waals surface area (Å²) in [5, 5.41) is 12.6. The lowest BCUT2D eigenvalue weighted by molar-refractivity contribution is 0.0147. The molecule has 25 heavy (non-hydrogen) atoms. The van der Waals surface area contributed by atoms with Crippen LogP contribution in [0.25, 0.3) is 0 Å². The molecule has 0 amide bonds. The number of ether oxygens (including phenoxy) is 2. The third-order valence-electron chi connectivity index (χ3n) is 3.92. The van der Waals surface area contributed by atoms with E-state index in [1.807, 2.05) is 0 Å². The van der Waals surface area contributed by atoms with E-state index in [4.69, 9.17) is 32.1 Å². The number of anilines is 2. The summed E-state index contributed by atoms with van der Waals surface area (Å²) in [7, 11) is 0. The molecule has 2 aromatic rings. The fraction of sp³-hybridized carbons (Fsp3) is 0.353. The van der Waals surface area contributed by atoms with Crippen molar-refractivity contribution in [1.29, 1.82) is 5.26 Å². The van der Waals surface area contributed by atoms with E-state index in [9.17, 15) is 0 Å². The summed E-state index contributed by atoms with van der Waals surface area (Å²) in [6.45, 7) is 2.84. The maximum absolute atomic E-state index is 8.87. The van der Waals surface area contributed by atoms with E-state index in [1.54, 1.807) is 31.2 Å². The van der Waals surface area contributed by atoms with E-state index in [2.05, 4.69) is 21.4 Å². The molecule has 2 atom stereocenters. The first-order chi connectivity index (χ1) is 12.1. The molecule has 0 saturated carbocycles. The van der Waals surface area contributed by atoms with Crippen molar-refractivity contribution in [3.8, 4) is 11.8 Å². The van der Waals surface area contributed by atoms with Crippen LogP contribution in [0.15, 0.2) is 24.3 Å². The van der Waals surface area contributed by atoms with Crippen molar-refractivity contribution >= 4 is 23.4 Å². The molecule has 1 aromatic carbocycles. The first-order valence-corrected chi connectivity index (χ1v) is 8.25. The average Bonchev–Trinajstić information content (AvgIpc) is 2.61.